The molecule has 0 aliphatic rings. The van der Waals surface area contributed by atoms with E-state index in [0.29, 0.717) is 0 Å². The third-order valence-corrected chi connectivity index (χ3v) is 1.85. The van der Waals surface area contributed by atoms with Gasteiger partial charge in [0.15, 0.2) is 0 Å². The Kier molecular flexibility index (Phi) is 3.16. The Morgan fingerprint density at radius 2 is 2.21 bits per heavy atom. The highest BCUT2D eigenvalue weighted by molar-refractivity contribution is 5.89. The molecule has 5 heteroatoms. The molecule has 0 heterocycles. The molecule has 0 radical (unpaired) electrons. The fraction of sp³-hybridized carbons (Fsp3) is 0.222. The van der Waals surface area contributed by atoms with Crippen LogP contribution in [0.2, 0.25) is 0 Å². The molecule has 0 saturated carbocycles. The number of rotatable bonds is 3. The number of benzene rings is 1. The van der Waals surface area contributed by atoms with Crippen LogP contribution >= 0.6 is 0 Å². The van der Waals surface area contributed by atoms with Crippen molar-refractivity contribution >= 4 is 5.97 Å². The molecular weight excluding hydrogens is 189 g/mol. The van der Waals surface area contributed by atoms with Gasteiger partial charge in [-0.05, 0) is 12.1 Å². The van der Waals surface area contributed by atoms with Crippen LogP contribution in [0.15, 0.2) is 18.2 Å². The van der Waals surface area contributed by atoms with Gasteiger partial charge in [0.05, 0.1) is 18.2 Å². The van der Waals surface area contributed by atoms with Crippen molar-refractivity contribution in [1.29, 1.82) is 0 Å². The van der Waals surface area contributed by atoms with E-state index in [1.807, 2.05) is 0 Å². The minimum atomic E-state index is -1.26. The maximum absolute atomic E-state index is 13.2. The molecule has 1 atom stereocenters. The van der Waals surface area contributed by atoms with Gasteiger partial charge >= 0.3 is 5.97 Å². The molecule has 1 aromatic rings. The molecule has 0 aliphatic heterocycles. The van der Waals surface area contributed by atoms with Crippen LogP contribution in [-0.2, 0) is 0 Å². The van der Waals surface area contributed by atoms with E-state index in [4.69, 9.17) is 15.9 Å². The maximum atomic E-state index is 13.2. The lowest BCUT2D eigenvalue weighted by molar-refractivity contribution is 0.0694. The third kappa shape index (κ3) is 1.89. The van der Waals surface area contributed by atoms with E-state index >= 15 is 0 Å². The average molecular weight is 199 g/mol. The van der Waals surface area contributed by atoms with Gasteiger partial charge in [0.2, 0.25) is 0 Å². The van der Waals surface area contributed by atoms with Gasteiger partial charge < -0.3 is 15.9 Å². The first-order valence-corrected chi connectivity index (χ1v) is 3.96. The van der Waals surface area contributed by atoms with Crippen molar-refractivity contribution in [2.75, 3.05) is 6.61 Å². The SMILES string of the molecule is N[C@@H](CO)c1c(F)cccc1C(=O)O. The minimum absolute atomic E-state index is 0.164. The van der Waals surface area contributed by atoms with Crippen LogP contribution in [0.5, 0.6) is 0 Å². The van der Waals surface area contributed by atoms with Crippen molar-refractivity contribution < 1.29 is 19.4 Å². The van der Waals surface area contributed by atoms with Crippen molar-refractivity contribution in [2.45, 2.75) is 6.04 Å². The predicted octanol–water partition coefficient (Wildman–Crippen LogP) is 0.516. The summed E-state index contributed by atoms with van der Waals surface area (Å²) in [6.07, 6.45) is 0. The first kappa shape index (κ1) is 10.6. The van der Waals surface area contributed by atoms with Gasteiger partial charge in [-0.25, -0.2) is 9.18 Å². The molecule has 1 rings (SSSR count). The summed E-state index contributed by atoms with van der Waals surface area (Å²) >= 11 is 0. The van der Waals surface area contributed by atoms with Gasteiger partial charge in [-0.3, -0.25) is 0 Å². The van der Waals surface area contributed by atoms with Crippen molar-refractivity contribution in [3.05, 3.63) is 35.1 Å². The predicted molar refractivity (Wildman–Crippen MR) is 47.4 cm³/mol. The fourth-order valence-corrected chi connectivity index (χ4v) is 1.19. The third-order valence-electron chi connectivity index (χ3n) is 1.85. The summed E-state index contributed by atoms with van der Waals surface area (Å²) in [6.45, 7) is -0.499. The number of hydrogen-bond donors (Lipinski definition) is 3. The van der Waals surface area contributed by atoms with E-state index in [2.05, 4.69) is 0 Å². The molecule has 4 N–H and O–H groups in total. The number of aliphatic hydroxyl groups excluding tert-OH is 1. The zero-order valence-electron chi connectivity index (χ0n) is 7.27. The monoisotopic (exact) mass is 199 g/mol. The van der Waals surface area contributed by atoms with Gasteiger partial charge in [-0.2, -0.15) is 0 Å². The number of carboxylic acids is 1. The number of carbonyl (C=O) groups is 1. The number of aromatic carboxylic acids is 1. The molecular formula is C9H10FNO3. The van der Waals surface area contributed by atoms with E-state index in [9.17, 15) is 9.18 Å². The standard InChI is InChI=1S/C9H10FNO3/c10-6-3-1-2-5(9(13)14)8(6)7(11)4-12/h1-3,7,12H,4,11H2,(H,13,14)/t7-/m0/s1. The highest BCUT2D eigenvalue weighted by atomic mass is 19.1. The first-order chi connectivity index (χ1) is 6.57. The van der Waals surface area contributed by atoms with E-state index in [-0.39, 0.29) is 11.1 Å². The summed E-state index contributed by atoms with van der Waals surface area (Å²) in [5.74, 6) is -1.98. The van der Waals surface area contributed by atoms with Crippen LogP contribution in [0.25, 0.3) is 0 Å². The molecule has 0 bridgehead atoms. The lowest BCUT2D eigenvalue weighted by Gasteiger charge is -2.12. The number of hydrogen-bond acceptors (Lipinski definition) is 3. The largest absolute Gasteiger partial charge is 0.478 e. The van der Waals surface area contributed by atoms with E-state index < -0.39 is 24.4 Å². The zero-order chi connectivity index (χ0) is 10.7. The van der Waals surface area contributed by atoms with E-state index in [1.54, 1.807) is 0 Å². The number of carboxylic acid groups (broad SMARTS) is 1. The molecule has 4 nitrogen and oxygen atoms in total. The van der Waals surface area contributed by atoms with Gasteiger partial charge in [-0.15, -0.1) is 0 Å². The molecule has 0 unspecified atom stereocenters. The Labute approximate surface area is 79.8 Å². The second kappa shape index (κ2) is 4.17. The quantitative estimate of drug-likeness (QED) is 0.662. The van der Waals surface area contributed by atoms with Crippen LogP contribution in [0, 0.1) is 5.82 Å². The molecule has 0 aromatic heterocycles. The molecule has 0 spiro atoms. The van der Waals surface area contributed by atoms with Crippen LogP contribution in [-0.4, -0.2) is 22.8 Å². The van der Waals surface area contributed by atoms with Crippen LogP contribution < -0.4 is 5.73 Å². The lowest BCUT2D eigenvalue weighted by Crippen LogP contribution is -2.20. The van der Waals surface area contributed by atoms with Gasteiger partial charge in [-0.1, -0.05) is 6.07 Å². The second-order valence-electron chi connectivity index (χ2n) is 2.80. The summed E-state index contributed by atoms with van der Waals surface area (Å²) in [4.78, 5) is 10.7. The Bertz CT molecular complexity index is 354. The summed E-state index contributed by atoms with van der Waals surface area (Å²) in [6, 6.07) is 2.63. The lowest BCUT2D eigenvalue weighted by atomic mass is 10.0. The summed E-state index contributed by atoms with van der Waals surface area (Å²) in [7, 11) is 0. The summed E-state index contributed by atoms with van der Waals surface area (Å²) < 4.78 is 13.2. The number of aliphatic hydroxyl groups is 1. The van der Waals surface area contributed by atoms with Crippen molar-refractivity contribution in [1.82, 2.24) is 0 Å². The summed E-state index contributed by atoms with van der Waals surface area (Å²) in [5, 5.41) is 17.5. The van der Waals surface area contributed by atoms with Crippen LogP contribution in [0.1, 0.15) is 22.0 Å². The second-order valence-corrected chi connectivity index (χ2v) is 2.80. The maximum Gasteiger partial charge on any atom is 0.336 e. The topological polar surface area (TPSA) is 83.5 Å². The van der Waals surface area contributed by atoms with Crippen LogP contribution in [0.4, 0.5) is 4.39 Å². The average Bonchev–Trinajstić information content (AvgIpc) is 2.16. The van der Waals surface area contributed by atoms with Gasteiger partial charge in [0.25, 0.3) is 0 Å². The van der Waals surface area contributed by atoms with E-state index in [0.717, 1.165) is 6.07 Å². The number of halogens is 1. The normalized spacial score (nSPS) is 12.5. The van der Waals surface area contributed by atoms with Crippen molar-refractivity contribution in [3.63, 3.8) is 0 Å². The molecule has 0 fully saturated rings. The van der Waals surface area contributed by atoms with Crippen LogP contribution in [0.3, 0.4) is 0 Å². The van der Waals surface area contributed by atoms with Gasteiger partial charge in [0.1, 0.15) is 5.82 Å². The molecule has 0 amide bonds. The Morgan fingerprint density at radius 3 is 2.71 bits per heavy atom. The Hall–Kier alpha value is -1.46. The smallest absolute Gasteiger partial charge is 0.336 e. The first-order valence-electron chi connectivity index (χ1n) is 3.96. The highest BCUT2D eigenvalue weighted by Gasteiger charge is 2.19. The minimum Gasteiger partial charge on any atom is -0.478 e. The van der Waals surface area contributed by atoms with Crippen molar-refractivity contribution in [3.8, 4) is 0 Å². The van der Waals surface area contributed by atoms with Crippen molar-refractivity contribution in [2.24, 2.45) is 5.73 Å². The van der Waals surface area contributed by atoms with Gasteiger partial charge in [0, 0.05) is 5.56 Å². The highest BCUT2D eigenvalue weighted by Crippen LogP contribution is 2.19. The molecule has 0 saturated heterocycles. The molecule has 0 aliphatic carbocycles. The van der Waals surface area contributed by atoms with E-state index in [1.165, 1.54) is 12.1 Å². The Balaban J connectivity index is 3.29. The fourth-order valence-electron chi connectivity index (χ4n) is 1.19. The molecule has 1 aromatic carbocycles. The number of nitrogens with two attached hydrogens (primary N) is 1. The molecule has 76 valence electrons. The molecule has 14 heavy (non-hydrogen) atoms. The Morgan fingerprint density at radius 1 is 1.57 bits per heavy atom. The summed E-state index contributed by atoms with van der Waals surface area (Å²) in [5.41, 5.74) is 5.00. The zero-order valence-corrected chi connectivity index (χ0v) is 7.27.